The molecule has 0 unspecified atom stereocenters. The largest absolute Gasteiger partial charge is 0.501 e. The van der Waals surface area contributed by atoms with E-state index in [-0.39, 0.29) is 0 Å². The lowest BCUT2D eigenvalue weighted by Crippen LogP contribution is -1.78. The normalized spacial score (nSPS) is 13.1. The fraction of sp³-hybridized carbons (Fsp3) is 0.286. The van der Waals surface area contributed by atoms with Crippen LogP contribution in [0.25, 0.3) is 0 Å². The highest BCUT2D eigenvalue weighted by Crippen LogP contribution is 2.03. The maximum Gasteiger partial charge on any atom is 0.144 e. The molecule has 0 saturated carbocycles. The molecule has 0 atom stereocenters. The fourth-order valence-corrected chi connectivity index (χ4v) is 0.378. The number of aliphatic imine (C=N–C) groups is 1. The molecule has 0 saturated heterocycles. The molecule has 0 fully saturated rings. The van der Waals surface area contributed by atoms with Crippen LogP contribution in [-0.2, 0) is 4.74 Å². The number of methoxy groups -OCH3 is 1. The number of nitrogens with zero attached hydrogens (tertiary/aromatic N) is 1. The smallest absolute Gasteiger partial charge is 0.144 e. The van der Waals surface area contributed by atoms with Gasteiger partial charge in [0.1, 0.15) is 5.83 Å². The van der Waals surface area contributed by atoms with Crippen molar-refractivity contribution in [3.05, 3.63) is 23.9 Å². The van der Waals surface area contributed by atoms with Gasteiger partial charge in [-0.15, -0.1) is 0 Å². The van der Waals surface area contributed by atoms with Crippen molar-refractivity contribution in [2.24, 2.45) is 4.99 Å². The lowest BCUT2D eigenvalue weighted by Gasteiger charge is -1.94. The third-order valence-electron chi connectivity index (χ3n) is 0.878. The van der Waals surface area contributed by atoms with Gasteiger partial charge in [-0.3, -0.25) is 4.99 Å². The van der Waals surface area contributed by atoms with E-state index in [0.29, 0.717) is 5.76 Å². The number of halogens is 1. The average Bonchev–Trinajstić information content (AvgIpc) is 1.88. The van der Waals surface area contributed by atoms with E-state index in [1.807, 2.05) is 0 Å². The van der Waals surface area contributed by atoms with E-state index in [2.05, 4.69) is 16.4 Å². The molecule has 0 aliphatic rings. The molecule has 2 nitrogen and oxygen atoms in total. The molecule has 0 aliphatic carbocycles. The van der Waals surface area contributed by atoms with Crippen LogP contribution in [0, 0.1) is 0 Å². The Morgan fingerprint density at radius 3 is 2.70 bits per heavy atom. The standard InChI is InChI=1S/C7H10FNO/c1-6(10-3)4-7(8)5-9-2/h4-5H,2H2,1,3H3/b6-4+,7-5+. The Bertz CT molecular complexity index is 172. The van der Waals surface area contributed by atoms with Gasteiger partial charge >= 0.3 is 0 Å². The summed E-state index contributed by atoms with van der Waals surface area (Å²) in [6.45, 7) is 4.75. The number of rotatable bonds is 3. The molecule has 0 amide bonds. The van der Waals surface area contributed by atoms with Crippen LogP contribution in [0.15, 0.2) is 28.9 Å². The zero-order chi connectivity index (χ0) is 7.98. The highest BCUT2D eigenvalue weighted by molar-refractivity contribution is 5.27. The minimum atomic E-state index is -0.464. The SMILES string of the molecule is C=N/C=C(F)\C=C(/C)OC. The van der Waals surface area contributed by atoms with Crippen LogP contribution in [-0.4, -0.2) is 13.8 Å². The van der Waals surface area contributed by atoms with E-state index in [4.69, 9.17) is 0 Å². The number of hydrogen-bond donors (Lipinski definition) is 0. The molecule has 0 N–H and O–H groups in total. The van der Waals surface area contributed by atoms with Crippen LogP contribution >= 0.6 is 0 Å². The quantitative estimate of drug-likeness (QED) is 0.336. The van der Waals surface area contributed by atoms with Crippen molar-refractivity contribution in [3.8, 4) is 0 Å². The summed E-state index contributed by atoms with van der Waals surface area (Å²) in [6.07, 6.45) is 2.25. The average molecular weight is 143 g/mol. The molecular formula is C7H10FNO. The predicted octanol–water partition coefficient (Wildman–Crippen LogP) is 2.05. The number of allylic oxidation sites excluding steroid dienone is 3. The Morgan fingerprint density at radius 1 is 1.70 bits per heavy atom. The first-order valence-electron chi connectivity index (χ1n) is 2.74. The topological polar surface area (TPSA) is 21.6 Å². The Kier molecular flexibility index (Phi) is 4.20. The Hall–Kier alpha value is -1.12. The third-order valence-corrected chi connectivity index (χ3v) is 0.878. The highest BCUT2D eigenvalue weighted by atomic mass is 19.1. The molecular weight excluding hydrogens is 133 g/mol. The molecule has 0 bridgehead atoms. The molecule has 0 radical (unpaired) electrons. The molecule has 0 aliphatic heterocycles. The van der Waals surface area contributed by atoms with Gasteiger partial charge in [0.15, 0.2) is 0 Å². The van der Waals surface area contributed by atoms with Crippen LogP contribution < -0.4 is 0 Å². The van der Waals surface area contributed by atoms with Gasteiger partial charge in [-0.25, -0.2) is 4.39 Å². The molecule has 0 aromatic rings. The first-order valence-corrected chi connectivity index (χ1v) is 2.74. The van der Waals surface area contributed by atoms with Crippen molar-refractivity contribution in [1.82, 2.24) is 0 Å². The summed E-state index contributed by atoms with van der Waals surface area (Å²) in [4.78, 5) is 3.24. The molecule has 0 heterocycles. The van der Waals surface area contributed by atoms with Gasteiger partial charge < -0.3 is 4.74 Å². The Morgan fingerprint density at radius 2 is 2.30 bits per heavy atom. The summed E-state index contributed by atoms with van der Waals surface area (Å²) >= 11 is 0. The minimum Gasteiger partial charge on any atom is -0.501 e. The van der Waals surface area contributed by atoms with Gasteiger partial charge in [0.25, 0.3) is 0 Å². The number of hydrogen-bond acceptors (Lipinski definition) is 2. The Balaban J connectivity index is 4.11. The van der Waals surface area contributed by atoms with Crippen molar-refractivity contribution in [2.75, 3.05) is 7.11 Å². The van der Waals surface area contributed by atoms with Crippen LogP contribution in [0.1, 0.15) is 6.92 Å². The third kappa shape index (κ3) is 3.83. The van der Waals surface area contributed by atoms with Gasteiger partial charge in [0, 0.05) is 6.08 Å². The first kappa shape index (κ1) is 8.88. The van der Waals surface area contributed by atoms with E-state index >= 15 is 0 Å². The van der Waals surface area contributed by atoms with Crippen LogP contribution in [0.2, 0.25) is 0 Å². The molecule has 0 rings (SSSR count). The van der Waals surface area contributed by atoms with E-state index in [9.17, 15) is 4.39 Å². The molecule has 0 aromatic carbocycles. The summed E-state index contributed by atoms with van der Waals surface area (Å²) in [5, 5.41) is 0. The van der Waals surface area contributed by atoms with Crippen molar-refractivity contribution in [1.29, 1.82) is 0 Å². The zero-order valence-corrected chi connectivity index (χ0v) is 6.10. The predicted molar refractivity (Wildman–Crippen MR) is 39.5 cm³/mol. The van der Waals surface area contributed by atoms with Crippen LogP contribution in [0.5, 0.6) is 0 Å². The van der Waals surface area contributed by atoms with Crippen molar-refractivity contribution in [2.45, 2.75) is 6.92 Å². The molecule has 3 heteroatoms. The van der Waals surface area contributed by atoms with Crippen LogP contribution in [0.4, 0.5) is 4.39 Å². The molecule has 56 valence electrons. The lowest BCUT2D eigenvalue weighted by molar-refractivity contribution is 0.292. The zero-order valence-electron chi connectivity index (χ0n) is 6.10. The summed E-state index contributed by atoms with van der Waals surface area (Å²) in [6, 6.07) is 0. The van der Waals surface area contributed by atoms with E-state index in [1.165, 1.54) is 13.2 Å². The van der Waals surface area contributed by atoms with E-state index in [1.54, 1.807) is 6.92 Å². The second-order valence-corrected chi connectivity index (χ2v) is 1.66. The lowest BCUT2D eigenvalue weighted by atomic mass is 10.4. The molecule has 10 heavy (non-hydrogen) atoms. The van der Waals surface area contributed by atoms with E-state index in [0.717, 1.165) is 6.20 Å². The van der Waals surface area contributed by atoms with Gasteiger partial charge in [0.05, 0.1) is 19.1 Å². The molecule has 0 aromatic heterocycles. The minimum absolute atomic E-state index is 0.464. The monoisotopic (exact) mass is 143 g/mol. The van der Waals surface area contributed by atoms with Crippen molar-refractivity contribution >= 4 is 6.72 Å². The van der Waals surface area contributed by atoms with Gasteiger partial charge in [0.2, 0.25) is 0 Å². The second kappa shape index (κ2) is 4.73. The van der Waals surface area contributed by atoms with Gasteiger partial charge in [-0.05, 0) is 13.6 Å². The van der Waals surface area contributed by atoms with Crippen LogP contribution in [0.3, 0.4) is 0 Å². The fourth-order valence-electron chi connectivity index (χ4n) is 0.378. The maximum atomic E-state index is 12.4. The van der Waals surface area contributed by atoms with Crippen molar-refractivity contribution in [3.63, 3.8) is 0 Å². The maximum absolute atomic E-state index is 12.4. The van der Waals surface area contributed by atoms with E-state index < -0.39 is 5.83 Å². The van der Waals surface area contributed by atoms with Crippen molar-refractivity contribution < 1.29 is 9.13 Å². The summed E-state index contributed by atoms with van der Waals surface area (Å²) in [7, 11) is 1.47. The number of ether oxygens (including phenoxy) is 1. The first-order chi connectivity index (χ1) is 4.70. The second-order valence-electron chi connectivity index (χ2n) is 1.66. The van der Waals surface area contributed by atoms with Gasteiger partial charge in [-0.1, -0.05) is 0 Å². The Labute approximate surface area is 59.7 Å². The van der Waals surface area contributed by atoms with Gasteiger partial charge in [-0.2, -0.15) is 0 Å². The summed E-state index contributed by atoms with van der Waals surface area (Å²) < 4.78 is 17.1. The highest BCUT2D eigenvalue weighted by Gasteiger charge is 1.88. The summed E-state index contributed by atoms with van der Waals surface area (Å²) in [5.41, 5.74) is 0. The molecule has 0 spiro atoms. The summed E-state index contributed by atoms with van der Waals surface area (Å²) in [5.74, 6) is 0.0340.